The Morgan fingerprint density at radius 1 is 1.14 bits per heavy atom. The molecule has 2 aromatic heterocycles. The van der Waals surface area contributed by atoms with Gasteiger partial charge < -0.3 is 19.8 Å². The van der Waals surface area contributed by atoms with Gasteiger partial charge in [0.25, 0.3) is 0 Å². The third kappa shape index (κ3) is 3.54. The Balaban J connectivity index is 1.65. The Morgan fingerprint density at radius 2 is 2.00 bits per heavy atom. The van der Waals surface area contributed by atoms with E-state index in [1.54, 1.807) is 19.6 Å². The standard InChI is InChI=1S/C16H16N4O2/c1-21-13-6-4-12(5-7-13)19-16-17-9-8-15(20-16)18-11-14-3-2-10-22-14/h2-10H,11H2,1H3,(H2,17,18,19,20). The van der Waals surface area contributed by atoms with Gasteiger partial charge in [-0.3, -0.25) is 0 Å². The van der Waals surface area contributed by atoms with Gasteiger partial charge in [0.05, 0.1) is 19.9 Å². The summed E-state index contributed by atoms with van der Waals surface area (Å²) >= 11 is 0. The summed E-state index contributed by atoms with van der Waals surface area (Å²) in [5.41, 5.74) is 0.893. The van der Waals surface area contributed by atoms with Crippen molar-refractivity contribution in [3.05, 3.63) is 60.7 Å². The molecule has 0 saturated carbocycles. The van der Waals surface area contributed by atoms with Gasteiger partial charge in [-0.1, -0.05) is 0 Å². The zero-order valence-corrected chi connectivity index (χ0v) is 12.1. The van der Waals surface area contributed by atoms with E-state index in [1.165, 1.54) is 0 Å². The van der Waals surface area contributed by atoms with Gasteiger partial charge in [-0.15, -0.1) is 0 Å². The number of furan rings is 1. The van der Waals surface area contributed by atoms with Crippen molar-refractivity contribution in [2.75, 3.05) is 17.7 Å². The summed E-state index contributed by atoms with van der Waals surface area (Å²) < 4.78 is 10.4. The quantitative estimate of drug-likeness (QED) is 0.726. The number of nitrogens with one attached hydrogen (secondary N) is 2. The first-order chi connectivity index (χ1) is 10.8. The molecule has 0 radical (unpaired) electrons. The van der Waals surface area contributed by atoms with Crippen LogP contribution in [0.25, 0.3) is 0 Å². The van der Waals surface area contributed by atoms with Crippen LogP contribution >= 0.6 is 0 Å². The predicted octanol–water partition coefficient (Wildman–Crippen LogP) is 3.43. The molecular weight excluding hydrogens is 280 g/mol. The number of ether oxygens (including phenoxy) is 1. The summed E-state index contributed by atoms with van der Waals surface area (Å²) in [6, 6.07) is 13.1. The molecule has 2 heterocycles. The van der Waals surface area contributed by atoms with Gasteiger partial charge in [0.1, 0.15) is 17.3 Å². The van der Waals surface area contributed by atoms with Crippen molar-refractivity contribution in [3.63, 3.8) is 0 Å². The van der Waals surface area contributed by atoms with Gasteiger partial charge in [0.2, 0.25) is 5.95 Å². The monoisotopic (exact) mass is 296 g/mol. The molecule has 2 N–H and O–H groups in total. The van der Waals surface area contributed by atoms with Crippen LogP contribution in [0, 0.1) is 0 Å². The van der Waals surface area contributed by atoms with Gasteiger partial charge >= 0.3 is 0 Å². The molecule has 0 atom stereocenters. The second-order valence-corrected chi connectivity index (χ2v) is 4.55. The maximum absolute atomic E-state index is 5.27. The van der Waals surface area contributed by atoms with Gasteiger partial charge in [-0.05, 0) is 42.5 Å². The normalized spacial score (nSPS) is 10.2. The Morgan fingerprint density at radius 3 is 2.73 bits per heavy atom. The van der Waals surface area contributed by atoms with Crippen LogP contribution in [0.15, 0.2) is 59.3 Å². The summed E-state index contributed by atoms with van der Waals surface area (Å²) in [4.78, 5) is 8.61. The fourth-order valence-corrected chi connectivity index (χ4v) is 1.91. The molecule has 6 nitrogen and oxygen atoms in total. The maximum atomic E-state index is 5.27. The number of hydrogen-bond acceptors (Lipinski definition) is 6. The number of methoxy groups -OCH3 is 1. The van der Waals surface area contributed by atoms with Crippen LogP contribution in [0.5, 0.6) is 5.75 Å². The van der Waals surface area contributed by atoms with Crippen LogP contribution < -0.4 is 15.4 Å². The highest BCUT2D eigenvalue weighted by Gasteiger charge is 2.02. The fraction of sp³-hybridized carbons (Fsp3) is 0.125. The van der Waals surface area contributed by atoms with Crippen molar-refractivity contribution < 1.29 is 9.15 Å². The average molecular weight is 296 g/mol. The minimum Gasteiger partial charge on any atom is -0.497 e. The van der Waals surface area contributed by atoms with Crippen LogP contribution in [0.3, 0.4) is 0 Å². The lowest BCUT2D eigenvalue weighted by molar-refractivity contribution is 0.415. The van der Waals surface area contributed by atoms with E-state index < -0.39 is 0 Å². The molecule has 0 fully saturated rings. The van der Waals surface area contributed by atoms with Gasteiger partial charge in [0, 0.05) is 11.9 Å². The zero-order valence-electron chi connectivity index (χ0n) is 12.1. The first kappa shape index (κ1) is 13.9. The first-order valence-corrected chi connectivity index (χ1v) is 6.84. The molecule has 1 aromatic carbocycles. The molecule has 3 rings (SSSR count). The second-order valence-electron chi connectivity index (χ2n) is 4.55. The van der Waals surface area contributed by atoms with E-state index in [0.717, 1.165) is 23.0 Å². The molecule has 6 heteroatoms. The Hall–Kier alpha value is -3.02. The summed E-state index contributed by atoms with van der Waals surface area (Å²) in [5.74, 6) is 2.90. The zero-order chi connectivity index (χ0) is 15.2. The molecule has 0 unspecified atom stereocenters. The minimum absolute atomic E-state index is 0.523. The van der Waals surface area contributed by atoms with Crippen molar-refractivity contribution >= 4 is 17.5 Å². The maximum Gasteiger partial charge on any atom is 0.229 e. The second kappa shape index (κ2) is 6.62. The number of nitrogens with zero attached hydrogens (tertiary/aromatic N) is 2. The van der Waals surface area contributed by atoms with Crippen LogP contribution in [0.1, 0.15) is 5.76 Å². The van der Waals surface area contributed by atoms with E-state index in [4.69, 9.17) is 9.15 Å². The molecule has 0 aliphatic carbocycles. The van der Waals surface area contributed by atoms with Crippen molar-refractivity contribution in [2.45, 2.75) is 6.54 Å². The highest BCUT2D eigenvalue weighted by atomic mass is 16.5. The SMILES string of the molecule is COc1ccc(Nc2nccc(NCc3ccco3)n2)cc1. The van der Waals surface area contributed by atoms with E-state index in [1.807, 2.05) is 42.5 Å². The molecule has 3 aromatic rings. The molecule has 22 heavy (non-hydrogen) atoms. The lowest BCUT2D eigenvalue weighted by Crippen LogP contribution is -2.03. The van der Waals surface area contributed by atoms with Gasteiger partial charge in [-0.25, -0.2) is 4.98 Å². The van der Waals surface area contributed by atoms with Crippen molar-refractivity contribution in [2.24, 2.45) is 0 Å². The smallest absolute Gasteiger partial charge is 0.229 e. The molecular formula is C16H16N4O2. The first-order valence-electron chi connectivity index (χ1n) is 6.84. The van der Waals surface area contributed by atoms with E-state index in [-0.39, 0.29) is 0 Å². The Bertz CT molecular complexity index is 711. The highest BCUT2D eigenvalue weighted by Crippen LogP contribution is 2.18. The van der Waals surface area contributed by atoms with E-state index in [9.17, 15) is 0 Å². The van der Waals surface area contributed by atoms with Gasteiger partial charge in [0.15, 0.2) is 0 Å². The largest absolute Gasteiger partial charge is 0.497 e. The minimum atomic E-state index is 0.523. The summed E-state index contributed by atoms with van der Waals surface area (Å²) in [6.07, 6.45) is 3.34. The number of aromatic nitrogens is 2. The van der Waals surface area contributed by atoms with Crippen LogP contribution in [-0.4, -0.2) is 17.1 Å². The number of anilines is 3. The number of hydrogen-bond donors (Lipinski definition) is 2. The number of rotatable bonds is 6. The molecule has 0 spiro atoms. The van der Waals surface area contributed by atoms with Crippen LogP contribution in [0.4, 0.5) is 17.5 Å². The van der Waals surface area contributed by atoms with E-state index in [2.05, 4.69) is 20.6 Å². The van der Waals surface area contributed by atoms with E-state index >= 15 is 0 Å². The van der Waals surface area contributed by atoms with E-state index in [0.29, 0.717) is 12.5 Å². The molecule has 0 aliphatic rings. The van der Waals surface area contributed by atoms with Gasteiger partial charge in [-0.2, -0.15) is 4.98 Å². The fourth-order valence-electron chi connectivity index (χ4n) is 1.91. The van der Waals surface area contributed by atoms with Crippen LogP contribution in [-0.2, 0) is 6.54 Å². The lowest BCUT2D eigenvalue weighted by Gasteiger charge is -2.08. The molecule has 0 aliphatic heterocycles. The molecule has 0 bridgehead atoms. The molecule has 0 saturated heterocycles. The lowest BCUT2D eigenvalue weighted by atomic mass is 10.3. The van der Waals surface area contributed by atoms with Crippen molar-refractivity contribution in [3.8, 4) is 5.75 Å². The average Bonchev–Trinajstić information content (AvgIpc) is 3.08. The topological polar surface area (TPSA) is 72.2 Å². The third-order valence-electron chi connectivity index (χ3n) is 3.03. The predicted molar refractivity (Wildman–Crippen MR) is 84.3 cm³/mol. The van der Waals surface area contributed by atoms with Crippen LogP contribution in [0.2, 0.25) is 0 Å². The molecule has 0 amide bonds. The number of benzene rings is 1. The highest BCUT2D eigenvalue weighted by molar-refractivity contribution is 5.55. The molecule has 112 valence electrons. The Labute approximate surface area is 128 Å². The summed E-state index contributed by atoms with van der Waals surface area (Å²) in [7, 11) is 1.64. The van der Waals surface area contributed by atoms with Crippen molar-refractivity contribution in [1.82, 2.24) is 9.97 Å². The summed E-state index contributed by atoms with van der Waals surface area (Å²) in [6.45, 7) is 0.575. The Kier molecular flexibility index (Phi) is 4.20. The van der Waals surface area contributed by atoms with Crippen molar-refractivity contribution in [1.29, 1.82) is 0 Å². The third-order valence-corrected chi connectivity index (χ3v) is 3.03. The summed E-state index contributed by atoms with van der Waals surface area (Å²) in [5, 5.41) is 6.33.